The van der Waals surface area contributed by atoms with Crippen LogP contribution in [0.5, 0.6) is 0 Å². The number of quaternary nitrogens is 1. The number of carbonyl (C=O) groups excluding carboxylic acids is 1. The Kier molecular flexibility index (Phi) is 5.93. The summed E-state index contributed by atoms with van der Waals surface area (Å²) in [5, 5.41) is 0. The first-order valence-corrected chi connectivity index (χ1v) is 8.34. The van der Waals surface area contributed by atoms with E-state index in [0.717, 1.165) is 15.0 Å². The van der Waals surface area contributed by atoms with Gasteiger partial charge in [-0.2, -0.15) is 0 Å². The molecule has 0 saturated carbocycles. The standard InChI is InChI=1S/C18H24N4O3/c1-4-10-22-16(19)15(17(24)21(3)18(22)25)14(23)12-20(2)11-13-8-6-5-7-9-13/h5-9H,4,10-12,19H2,1-3H3/p+1. The van der Waals surface area contributed by atoms with Crippen LogP contribution in [0, 0.1) is 0 Å². The van der Waals surface area contributed by atoms with Crippen molar-refractivity contribution in [3.8, 4) is 0 Å². The van der Waals surface area contributed by atoms with Gasteiger partial charge in [0.15, 0.2) is 0 Å². The van der Waals surface area contributed by atoms with Crippen LogP contribution in [0.15, 0.2) is 39.9 Å². The highest BCUT2D eigenvalue weighted by Gasteiger charge is 2.23. The summed E-state index contributed by atoms with van der Waals surface area (Å²) in [5.41, 5.74) is 5.87. The van der Waals surface area contributed by atoms with Crippen molar-refractivity contribution in [2.75, 3.05) is 19.3 Å². The Bertz CT molecular complexity index is 868. The van der Waals surface area contributed by atoms with Crippen LogP contribution in [0.2, 0.25) is 0 Å². The van der Waals surface area contributed by atoms with Crippen LogP contribution in [0.25, 0.3) is 0 Å². The molecule has 0 amide bonds. The maximum atomic E-state index is 12.7. The molecule has 0 aliphatic carbocycles. The average Bonchev–Trinajstić information content (AvgIpc) is 2.57. The van der Waals surface area contributed by atoms with Crippen molar-refractivity contribution >= 4 is 11.6 Å². The Balaban J connectivity index is 2.30. The molecule has 0 aliphatic rings. The second-order valence-electron chi connectivity index (χ2n) is 6.28. The van der Waals surface area contributed by atoms with Gasteiger partial charge in [-0.1, -0.05) is 37.3 Å². The van der Waals surface area contributed by atoms with E-state index in [-0.39, 0.29) is 23.7 Å². The molecule has 0 spiro atoms. The number of carbonyl (C=O) groups is 1. The molecule has 0 fully saturated rings. The van der Waals surface area contributed by atoms with Gasteiger partial charge in [0.1, 0.15) is 24.5 Å². The van der Waals surface area contributed by atoms with Gasteiger partial charge in [-0.3, -0.25) is 18.7 Å². The first-order valence-electron chi connectivity index (χ1n) is 8.34. The molecule has 3 N–H and O–H groups in total. The smallest absolute Gasteiger partial charge is 0.332 e. The molecule has 25 heavy (non-hydrogen) atoms. The number of rotatable bonds is 7. The van der Waals surface area contributed by atoms with Gasteiger partial charge in [-0.05, 0) is 6.42 Å². The third-order valence-corrected chi connectivity index (χ3v) is 4.12. The van der Waals surface area contributed by atoms with Crippen molar-refractivity contribution < 1.29 is 9.69 Å². The molecule has 1 aromatic heterocycles. The van der Waals surface area contributed by atoms with Crippen LogP contribution in [0.3, 0.4) is 0 Å². The van der Waals surface area contributed by atoms with Crippen molar-refractivity contribution in [3.05, 3.63) is 62.3 Å². The fourth-order valence-corrected chi connectivity index (χ4v) is 2.85. The lowest BCUT2D eigenvalue weighted by atomic mass is 10.1. The van der Waals surface area contributed by atoms with E-state index in [1.54, 1.807) is 0 Å². The molecule has 0 saturated heterocycles. The zero-order valence-corrected chi connectivity index (χ0v) is 14.9. The largest absolute Gasteiger partial charge is 0.384 e. The van der Waals surface area contributed by atoms with E-state index in [2.05, 4.69) is 0 Å². The minimum Gasteiger partial charge on any atom is -0.384 e. The van der Waals surface area contributed by atoms with E-state index >= 15 is 0 Å². The van der Waals surface area contributed by atoms with E-state index in [1.165, 1.54) is 11.6 Å². The van der Waals surface area contributed by atoms with Gasteiger partial charge in [0.25, 0.3) is 5.56 Å². The van der Waals surface area contributed by atoms with Crippen LogP contribution in [0.4, 0.5) is 5.82 Å². The summed E-state index contributed by atoms with van der Waals surface area (Å²) < 4.78 is 2.24. The van der Waals surface area contributed by atoms with Gasteiger partial charge >= 0.3 is 5.69 Å². The molecule has 0 aliphatic heterocycles. The maximum Gasteiger partial charge on any atom is 0.332 e. The van der Waals surface area contributed by atoms with Crippen molar-refractivity contribution in [2.45, 2.75) is 26.4 Å². The average molecular weight is 345 g/mol. The number of aromatic nitrogens is 2. The third-order valence-electron chi connectivity index (χ3n) is 4.12. The minimum absolute atomic E-state index is 0.0348. The number of likely N-dealkylation sites (N-methyl/N-ethyl adjacent to an activating group) is 1. The maximum absolute atomic E-state index is 12.7. The molecule has 0 radical (unpaired) electrons. The van der Waals surface area contributed by atoms with Crippen LogP contribution >= 0.6 is 0 Å². The highest BCUT2D eigenvalue weighted by molar-refractivity contribution is 6.00. The lowest BCUT2D eigenvalue weighted by Gasteiger charge is -2.16. The Hall–Kier alpha value is -2.67. The van der Waals surface area contributed by atoms with E-state index in [9.17, 15) is 14.4 Å². The molecule has 7 nitrogen and oxygen atoms in total. The molecular weight excluding hydrogens is 320 g/mol. The highest BCUT2D eigenvalue weighted by Crippen LogP contribution is 2.06. The molecular formula is C18H25N4O3+. The van der Waals surface area contributed by atoms with Gasteiger partial charge in [0.2, 0.25) is 5.78 Å². The van der Waals surface area contributed by atoms with Crippen molar-refractivity contribution in [2.24, 2.45) is 7.05 Å². The predicted octanol–water partition coefficient (Wildman–Crippen LogP) is -0.563. The van der Waals surface area contributed by atoms with E-state index in [4.69, 9.17) is 5.73 Å². The minimum atomic E-state index is -0.632. The molecule has 7 heteroatoms. The van der Waals surface area contributed by atoms with Crippen LogP contribution < -0.4 is 21.9 Å². The Labute approximate surface area is 146 Å². The molecule has 0 bridgehead atoms. The topological polar surface area (TPSA) is 91.5 Å². The number of hydrogen-bond donors (Lipinski definition) is 2. The monoisotopic (exact) mass is 345 g/mol. The van der Waals surface area contributed by atoms with Gasteiger partial charge in [-0.15, -0.1) is 0 Å². The summed E-state index contributed by atoms with van der Waals surface area (Å²) in [7, 11) is 3.25. The first kappa shape index (κ1) is 18.7. The molecule has 2 rings (SSSR count). The normalized spacial score (nSPS) is 12.1. The summed E-state index contributed by atoms with van der Waals surface area (Å²) in [6.07, 6.45) is 0.676. The number of benzene rings is 1. The number of nitrogens with zero attached hydrogens (tertiary/aromatic N) is 2. The first-order chi connectivity index (χ1) is 11.9. The van der Waals surface area contributed by atoms with Crippen LogP contribution in [-0.2, 0) is 20.1 Å². The fraction of sp³-hybridized carbons (Fsp3) is 0.389. The fourth-order valence-electron chi connectivity index (χ4n) is 2.85. The molecule has 2 aromatic rings. The van der Waals surface area contributed by atoms with E-state index in [1.807, 2.05) is 44.3 Å². The summed E-state index contributed by atoms with van der Waals surface area (Å²) in [5.74, 6) is -0.385. The lowest BCUT2D eigenvalue weighted by Crippen LogP contribution is -3.08. The molecule has 134 valence electrons. The Morgan fingerprint density at radius 2 is 1.84 bits per heavy atom. The van der Waals surface area contributed by atoms with Gasteiger partial charge in [0.05, 0.1) is 7.05 Å². The van der Waals surface area contributed by atoms with E-state index in [0.29, 0.717) is 19.5 Å². The second kappa shape index (κ2) is 7.94. The number of nitrogens with one attached hydrogen (secondary N) is 1. The van der Waals surface area contributed by atoms with Gasteiger partial charge < -0.3 is 10.6 Å². The van der Waals surface area contributed by atoms with Crippen molar-refractivity contribution in [1.82, 2.24) is 9.13 Å². The summed E-state index contributed by atoms with van der Waals surface area (Å²) in [6.45, 7) is 3.04. The predicted molar refractivity (Wildman–Crippen MR) is 96.9 cm³/mol. The lowest BCUT2D eigenvalue weighted by molar-refractivity contribution is -0.884. The van der Waals surface area contributed by atoms with Gasteiger partial charge in [-0.25, -0.2) is 4.79 Å². The SMILES string of the molecule is CCCn1c(N)c(C(=O)C[NH+](C)Cc2ccccc2)c(=O)n(C)c1=O. The van der Waals surface area contributed by atoms with Crippen LogP contribution in [0.1, 0.15) is 29.3 Å². The number of ketones is 1. The zero-order chi connectivity index (χ0) is 18.6. The number of nitrogens with two attached hydrogens (primary N) is 1. The van der Waals surface area contributed by atoms with Crippen molar-refractivity contribution in [1.29, 1.82) is 0 Å². The van der Waals surface area contributed by atoms with E-state index < -0.39 is 11.2 Å². The quantitative estimate of drug-likeness (QED) is 0.658. The zero-order valence-electron chi connectivity index (χ0n) is 14.9. The molecule has 1 atom stereocenters. The summed E-state index contributed by atoms with van der Waals surface area (Å²) in [4.78, 5) is 38.2. The summed E-state index contributed by atoms with van der Waals surface area (Å²) in [6, 6.07) is 9.80. The number of anilines is 1. The molecule has 1 heterocycles. The number of hydrogen-bond acceptors (Lipinski definition) is 4. The van der Waals surface area contributed by atoms with Crippen LogP contribution in [-0.4, -0.2) is 28.5 Å². The third kappa shape index (κ3) is 4.06. The summed E-state index contributed by atoms with van der Waals surface area (Å²) >= 11 is 0. The number of nitrogen functional groups attached to an aromatic ring is 1. The van der Waals surface area contributed by atoms with Gasteiger partial charge in [0, 0.05) is 19.2 Å². The second-order valence-corrected chi connectivity index (χ2v) is 6.28. The Morgan fingerprint density at radius 1 is 1.20 bits per heavy atom. The molecule has 1 unspecified atom stereocenters. The molecule has 1 aromatic carbocycles. The number of Topliss-reactive ketones (excluding diaryl/α,β-unsaturated/α-hetero) is 1. The highest BCUT2D eigenvalue weighted by atomic mass is 16.2. The van der Waals surface area contributed by atoms with Crippen molar-refractivity contribution in [3.63, 3.8) is 0 Å². The Morgan fingerprint density at radius 3 is 2.44 bits per heavy atom.